The number of pyridine rings is 1. The van der Waals surface area contributed by atoms with Crippen molar-refractivity contribution in [3.63, 3.8) is 0 Å². The molecule has 0 radical (unpaired) electrons. The summed E-state index contributed by atoms with van der Waals surface area (Å²) in [6.45, 7) is 3.65. The van der Waals surface area contributed by atoms with Crippen molar-refractivity contribution in [1.82, 2.24) is 29.9 Å². The van der Waals surface area contributed by atoms with Crippen LogP contribution in [0.25, 0.3) is 16.8 Å². The summed E-state index contributed by atoms with van der Waals surface area (Å²) in [4.78, 5) is 24.6. The number of nitrogens with zero attached hydrogens (tertiary/aromatic N) is 5. The molecule has 1 aromatic carbocycles. The normalized spacial score (nSPS) is 14.9. The fraction of sp³-hybridized carbons (Fsp3) is 0.292. The summed E-state index contributed by atoms with van der Waals surface area (Å²) in [6.07, 6.45) is 1.25. The van der Waals surface area contributed by atoms with Gasteiger partial charge < -0.3 is 5.32 Å². The summed E-state index contributed by atoms with van der Waals surface area (Å²) in [5, 5.41) is 7.39. The van der Waals surface area contributed by atoms with E-state index in [-0.39, 0.29) is 0 Å². The first-order chi connectivity index (χ1) is 16.2. The molecule has 7 nitrogen and oxygen atoms in total. The number of aryl methyl sites for hydroxylation is 1. The number of aromatic nitrogens is 5. The summed E-state index contributed by atoms with van der Waals surface area (Å²) in [5.74, 6) is -0.504. The highest BCUT2D eigenvalue weighted by Crippen LogP contribution is 2.39. The molecule has 5 rings (SSSR count). The molecular weight excluding hydrogens is 445 g/mol. The van der Waals surface area contributed by atoms with Crippen LogP contribution >= 0.6 is 0 Å². The molecule has 0 saturated heterocycles. The van der Waals surface area contributed by atoms with Crippen molar-refractivity contribution in [3.05, 3.63) is 77.3 Å². The highest BCUT2D eigenvalue weighted by molar-refractivity contribution is 5.96. The van der Waals surface area contributed by atoms with Crippen LogP contribution in [0, 0.1) is 6.92 Å². The number of benzene rings is 1. The molecule has 3 heterocycles. The van der Waals surface area contributed by atoms with E-state index in [2.05, 4.69) is 20.4 Å². The quantitative estimate of drug-likeness (QED) is 0.453. The maximum absolute atomic E-state index is 13.1. The molecule has 1 aliphatic carbocycles. The second-order valence-electron chi connectivity index (χ2n) is 8.55. The average molecular weight is 466 g/mol. The lowest BCUT2D eigenvalue weighted by Gasteiger charge is -2.15. The van der Waals surface area contributed by atoms with Crippen molar-refractivity contribution < 1.29 is 18.0 Å². The highest BCUT2D eigenvalue weighted by atomic mass is 19.4. The van der Waals surface area contributed by atoms with Gasteiger partial charge in [-0.2, -0.15) is 18.3 Å². The van der Waals surface area contributed by atoms with Crippen molar-refractivity contribution in [1.29, 1.82) is 0 Å². The van der Waals surface area contributed by atoms with Gasteiger partial charge in [0.05, 0.1) is 11.6 Å². The number of halogens is 3. The Morgan fingerprint density at radius 3 is 2.44 bits per heavy atom. The van der Waals surface area contributed by atoms with Gasteiger partial charge in [0.15, 0.2) is 11.5 Å². The zero-order valence-electron chi connectivity index (χ0n) is 18.5. The molecule has 1 N–H and O–H groups in total. The van der Waals surface area contributed by atoms with Gasteiger partial charge in [0.25, 0.3) is 5.91 Å². The minimum atomic E-state index is -4.62. The smallest absolute Gasteiger partial charge is 0.345 e. The van der Waals surface area contributed by atoms with Gasteiger partial charge in [-0.05, 0) is 38.3 Å². The molecule has 0 aliphatic heterocycles. The van der Waals surface area contributed by atoms with Gasteiger partial charge in [0.1, 0.15) is 0 Å². The molecule has 10 heteroatoms. The number of hydrogen-bond acceptors (Lipinski definition) is 5. The Morgan fingerprint density at radius 1 is 1.15 bits per heavy atom. The maximum atomic E-state index is 13.1. The van der Waals surface area contributed by atoms with E-state index in [0.29, 0.717) is 22.7 Å². The number of nitrogens with one attached hydrogen (secondary N) is 1. The number of fused-ring (bicyclic) bond motifs is 1. The Kier molecular flexibility index (Phi) is 5.30. The summed E-state index contributed by atoms with van der Waals surface area (Å²) >= 11 is 0. The third-order valence-electron chi connectivity index (χ3n) is 5.79. The van der Waals surface area contributed by atoms with E-state index in [9.17, 15) is 18.0 Å². The van der Waals surface area contributed by atoms with Crippen molar-refractivity contribution in [2.75, 3.05) is 0 Å². The van der Waals surface area contributed by atoms with Gasteiger partial charge in [-0.3, -0.25) is 4.79 Å². The molecule has 4 aromatic rings. The molecule has 1 fully saturated rings. The zero-order chi connectivity index (χ0) is 24.0. The van der Waals surface area contributed by atoms with E-state index in [1.165, 1.54) is 0 Å². The molecule has 0 unspecified atom stereocenters. The SMILES string of the molecule is Cc1ccc(-c2cc(C(=O)N[C@H](C)c3cnc(C(F)(F)F)nc3)cn3nc(C4CC4)nc23)cc1. The Balaban J connectivity index is 1.46. The summed E-state index contributed by atoms with van der Waals surface area (Å²) in [5.41, 5.74) is 4.18. The molecule has 34 heavy (non-hydrogen) atoms. The van der Waals surface area contributed by atoms with Crippen molar-refractivity contribution in [3.8, 4) is 11.1 Å². The van der Waals surface area contributed by atoms with Gasteiger partial charge >= 0.3 is 6.18 Å². The Hall–Kier alpha value is -3.82. The minimum Gasteiger partial charge on any atom is -0.345 e. The van der Waals surface area contributed by atoms with Crippen molar-refractivity contribution >= 4 is 11.6 Å². The van der Waals surface area contributed by atoms with Gasteiger partial charge in [-0.1, -0.05) is 29.8 Å². The number of carbonyl (C=O) groups excluding carboxylic acids is 1. The van der Waals surface area contributed by atoms with Gasteiger partial charge in [-0.25, -0.2) is 19.5 Å². The van der Waals surface area contributed by atoms with Crippen molar-refractivity contribution in [2.24, 2.45) is 0 Å². The lowest BCUT2D eigenvalue weighted by Crippen LogP contribution is -2.27. The monoisotopic (exact) mass is 466 g/mol. The maximum Gasteiger partial charge on any atom is 0.451 e. The lowest BCUT2D eigenvalue weighted by atomic mass is 10.0. The molecule has 1 amide bonds. The molecule has 3 aromatic heterocycles. The number of amides is 1. The van der Waals surface area contributed by atoms with E-state index < -0.39 is 23.9 Å². The largest absolute Gasteiger partial charge is 0.451 e. The molecule has 1 atom stereocenters. The third-order valence-corrected chi connectivity index (χ3v) is 5.79. The van der Waals surface area contributed by atoms with Crippen LogP contribution in [0.3, 0.4) is 0 Å². The first-order valence-electron chi connectivity index (χ1n) is 10.9. The fourth-order valence-electron chi connectivity index (χ4n) is 3.66. The molecule has 0 spiro atoms. The number of carbonyl (C=O) groups is 1. The van der Waals surface area contributed by atoms with Gasteiger partial charge in [-0.15, -0.1) is 0 Å². The van der Waals surface area contributed by atoms with Crippen LogP contribution in [0.2, 0.25) is 0 Å². The van der Waals surface area contributed by atoms with Crippen LogP contribution in [0.4, 0.5) is 13.2 Å². The number of rotatable bonds is 5. The second-order valence-corrected chi connectivity index (χ2v) is 8.55. The van der Waals surface area contributed by atoms with E-state index in [1.54, 1.807) is 23.7 Å². The molecular formula is C24H21F3N6O. The average Bonchev–Trinajstić information content (AvgIpc) is 3.57. The van der Waals surface area contributed by atoms with Crippen LogP contribution in [0.1, 0.15) is 64.9 Å². The first kappa shape index (κ1) is 22.0. The zero-order valence-corrected chi connectivity index (χ0v) is 18.5. The summed E-state index contributed by atoms with van der Waals surface area (Å²) < 4.78 is 39.8. The first-order valence-corrected chi connectivity index (χ1v) is 10.9. The highest BCUT2D eigenvalue weighted by Gasteiger charge is 2.34. The van der Waals surface area contributed by atoms with Crippen LogP contribution < -0.4 is 5.32 Å². The predicted octanol–water partition coefficient (Wildman–Crippen LogP) is 4.88. The Bertz CT molecular complexity index is 1360. The van der Waals surface area contributed by atoms with Gasteiger partial charge in [0.2, 0.25) is 5.82 Å². The summed E-state index contributed by atoms with van der Waals surface area (Å²) in [7, 11) is 0. The number of hydrogen-bond donors (Lipinski definition) is 1. The fourth-order valence-corrected chi connectivity index (χ4v) is 3.66. The Labute approximate surface area is 193 Å². The van der Waals surface area contributed by atoms with Crippen LogP contribution in [-0.2, 0) is 6.18 Å². The van der Waals surface area contributed by atoms with E-state index in [1.807, 2.05) is 31.2 Å². The molecule has 1 aliphatic rings. The van der Waals surface area contributed by atoms with E-state index >= 15 is 0 Å². The van der Waals surface area contributed by atoms with Crippen LogP contribution in [-0.4, -0.2) is 30.5 Å². The van der Waals surface area contributed by atoms with Crippen LogP contribution in [0.15, 0.2) is 48.9 Å². The topological polar surface area (TPSA) is 85.1 Å². The second kappa shape index (κ2) is 8.19. The van der Waals surface area contributed by atoms with Crippen LogP contribution in [0.5, 0.6) is 0 Å². The van der Waals surface area contributed by atoms with Gasteiger partial charge in [0, 0.05) is 35.6 Å². The van der Waals surface area contributed by atoms with E-state index in [0.717, 1.165) is 47.8 Å². The minimum absolute atomic E-state index is 0.350. The predicted molar refractivity (Wildman–Crippen MR) is 118 cm³/mol. The van der Waals surface area contributed by atoms with E-state index in [4.69, 9.17) is 4.98 Å². The molecule has 174 valence electrons. The standard InChI is InChI=1S/C24H21F3N6O/c1-13-3-5-15(6-4-13)19-9-17(12-33-21(19)31-20(32-33)16-7-8-16)22(34)30-14(2)18-10-28-23(29-11-18)24(25,26)27/h3-6,9-12,14,16H,7-8H2,1-2H3,(H,30,34)/t14-/m1/s1. The lowest BCUT2D eigenvalue weighted by molar-refractivity contribution is -0.145. The summed E-state index contributed by atoms with van der Waals surface area (Å²) in [6, 6.07) is 9.08. The third kappa shape index (κ3) is 4.35. The molecule has 1 saturated carbocycles. The Morgan fingerprint density at radius 2 is 1.82 bits per heavy atom. The molecule has 0 bridgehead atoms. The van der Waals surface area contributed by atoms with Crippen molar-refractivity contribution in [2.45, 2.75) is 44.8 Å². The number of alkyl halides is 3.